The van der Waals surface area contributed by atoms with Gasteiger partial charge in [0.15, 0.2) is 0 Å². The van der Waals surface area contributed by atoms with E-state index in [-0.39, 0.29) is 24.5 Å². The average molecular weight is 202 g/mol. The molecule has 0 aliphatic carbocycles. The van der Waals surface area contributed by atoms with Crippen LogP contribution >= 0.6 is 0 Å². The first-order valence-electron chi connectivity index (χ1n) is 5.01. The Labute approximate surface area is 83.6 Å². The monoisotopic (exact) mass is 202 g/mol. The maximum absolute atomic E-state index is 11.3. The minimum absolute atomic E-state index is 0.00477. The van der Waals surface area contributed by atoms with Crippen molar-refractivity contribution < 1.29 is 14.6 Å². The van der Waals surface area contributed by atoms with Crippen LogP contribution in [0.2, 0.25) is 0 Å². The summed E-state index contributed by atoms with van der Waals surface area (Å²) in [6, 6.07) is 0. The molecule has 0 radical (unpaired) electrons. The lowest BCUT2D eigenvalue weighted by Crippen LogP contribution is -2.37. The highest BCUT2D eigenvalue weighted by Crippen LogP contribution is 2.21. The molecule has 82 valence electrons. The summed E-state index contributed by atoms with van der Waals surface area (Å²) in [5, 5.41) is 8.79. The number of hydrogen-bond donors (Lipinski definition) is 3. The molecule has 4 N–H and O–H groups in total. The van der Waals surface area contributed by atoms with Crippen LogP contribution in [0, 0.1) is 5.92 Å². The predicted molar refractivity (Wildman–Crippen MR) is 51.1 cm³/mol. The van der Waals surface area contributed by atoms with Crippen molar-refractivity contribution in [2.75, 3.05) is 13.2 Å². The van der Waals surface area contributed by atoms with Crippen molar-refractivity contribution in [2.24, 2.45) is 11.8 Å². The number of aliphatic hydroxyl groups excluding tert-OH is 1. The van der Waals surface area contributed by atoms with Crippen molar-refractivity contribution in [2.45, 2.75) is 31.8 Å². The molecule has 0 bridgehead atoms. The average Bonchev–Trinajstić information content (AvgIpc) is 2.68. The van der Waals surface area contributed by atoms with Gasteiger partial charge in [-0.15, -0.1) is 0 Å². The van der Waals surface area contributed by atoms with Crippen molar-refractivity contribution in [3.63, 3.8) is 0 Å². The van der Waals surface area contributed by atoms with Gasteiger partial charge in [-0.2, -0.15) is 0 Å². The summed E-state index contributed by atoms with van der Waals surface area (Å²) in [4.78, 5) is 11.3. The van der Waals surface area contributed by atoms with Crippen molar-refractivity contribution in [1.29, 1.82) is 0 Å². The van der Waals surface area contributed by atoms with E-state index in [0.29, 0.717) is 12.8 Å². The highest BCUT2D eigenvalue weighted by Gasteiger charge is 2.24. The van der Waals surface area contributed by atoms with E-state index in [4.69, 9.17) is 15.7 Å². The number of nitrogens with one attached hydrogen (secondary N) is 1. The third kappa shape index (κ3) is 3.25. The van der Waals surface area contributed by atoms with E-state index in [1.807, 2.05) is 0 Å². The molecular weight excluding hydrogens is 184 g/mol. The van der Waals surface area contributed by atoms with Gasteiger partial charge in [0.1, 0.15) is 0 Å². The first-order chi connectivity index (χ1) is 6.77. The van der Waals surface area contributed by atoms with Crippen LogP contribution in [0.3, 0.4) is 0 Å². The minimum atomic E-state index is -0.229. The van der Waals surface area contributed by atoms with E-state index < -0.39 is 0 Å². The van der Waals surface area contributed by atoms with Crippen LogP contribution in [0.1, 0.15) is 25.7 Å². The Kier molecular flexibility index (Phi) is 4.86. The number of amides is 1. The molecule has 1 aliphatic rings. The van der Waals surface area contributed by atoms with Crippen LogP contribution in [-0.2, 0) is 9.53 Å². The van der Waals surface area contributed by atoms with E-state index in [0.717, 1.165) is 19.4 Å². The number of aliphatic hydroxyl groups is 1. The molecule has 0 spiro atoms. The van der Waals surface area contributed by atoms with Gasteiger partial charge in [-0.05, 0) is 25.7 Å². The lowest BCUT2D eigenvalue weighted by atomic mass is 9.96. The lowest BCUT2D eigenvalue weighted by Gasteiger charge is -2.17. The fraction of sp³-hybridized carbons (Fsp3) is 0.889. The Morgan fingerprint density at radius 2 is 2.50 bits per heavy atom. The SMILES string of the molecule is NNC(=O)C(CCO)CC1CCCO1. The predicted octanol–water partition coefficient (Wildman–Crippen LogP) is -0.456. The van der Waals surface area contributed by atoms with E-state index in [1.165, 1.54) is 0 Å². The molecule has 0 saturated carbocycles. The second-order valence-corrected chi connectivity index (χ2v) is 3.59. The molecule has 5 heteroatoms. The summed E-state index contributed by atoms with van der Waals surface area (Å²) < 4.78 is 5.42. The van der Waals surface area contributed by atoms with Gasteiger partial charge in [-0.1, -0.05) is 0 Å². The smallest absolute Gasteiger partial charge is 0.237 e. The van der Waals surface area contributed by atoms with Crippen molar-refractivity contribution in [3.05, 3.63) is 0 Å². The standard InChI is InChI=1S/C9H18N2O3/c10-11-9(13)7(3-4-12)6-8-2-1-5-14-8/h7-8,12H,1-6,10H2,(H,11,13). The molecule has 1 fully saturated rings. The largest absolute Gasteiger partial charge is 0.396 e. The second kappa shape index (κ2) is 5.95. The van der Waals surface area contributed by atoms with E-state index in [9.17, 15) is 4.79 Å². The molecule has 0 aromatic rings. The number of carbonyl (C=O) groups is 1. The molecule has 2 unspecified atom stereocenters. The quantitative estimate of drug-likeness (QED) is 0.320. The fourth-order valence-electron chi connectivity index (χ4n) is 1.78. The van der Waals surface area contributed by atoms with Crippen molar-refractivity contribution >= 4 is 5.91 Å². The highest BCUT2D eigenvalue weighted by molar-refractivity contribution is 5.77. The Balaban J connectivity index is 2.37. The Morgan fingerprint density at radius 1 is 1.71 bits per heavy atom. The summed E-state index contributed by atoms with van der Waals surface area (Å²) in [7, 11) is 0. The van der Waals surface area contributed by atoms with Gasteiger partial charge in [0.2, 0.25) is 5.91 Å². The van der Waals surface area contributed by atoms with Crippen LogP contribution in [0.5, 0.6) is 0 Å². The van der Waals surface area contributed by atoms with Gasteiger partial charge in [-0.3, -0.25) is 10.2 Å². The van der Waals surface area contributed by atoms with Gasteiger partial charge in [0, 0.05) is 19.1 Å². The summed E-state index contributed by atoms with van der Waals surface area (Å²) in [5.74, 6) is 4.61. The molecule has 1 saturated heterocycles. The summed E-state index contributed by atoms with van der Waals surface area (Å²) >= 11 is 0. The van der Waals surface area contributed by atoms with Gasteiger partial charge in [-0.25, -0.2) is 5.84 Å². The number of rotatable bonds is 5. The molecule has 2 atom stereocenters. The molecule has 1 amide bonds. The number of carbonyl (C=O) groups excluding carboxylic acids is 1. The second-order valence-electron chi connectivity index (χ2n) is 3.59. The van der Waals surface area contributed by atoms with Crippen molar-refractivity contribution in [1.82, 2.24) is 5.43 Å². The fourth-order valence-corrected chi connectivity index (χ4v) is 1.78. The third-order valence-corrected chi connectivity index (χ3v) is 2.56. The number of nitrogens with two attached hydrogens (primary N) is 1. The Hall–Kier alpha value is -0.650. The number of ether oxygens (including phenoxy) is 1. The minimum Gasteiger partial charge on any atom is -0.396 e. The zero-order valence-corrected chi connectivity index (χ0v) is 8.24. The zero-order valence-electron chi connectivity index (χ0n) is 8.24. The van der Waals surface area contributed by atoms with Gasteiger partial charge >= 0.3 is 0 Å². The Morgan fingerprint density at radius 3 is 3.00 bits per heavy atom. The maximum Gasteiger partial charge on any atom is 0.237 e. The molecule has 5 nitrogen and oxygen atoms in total. The highest BCUT2D eigenvalue weighted by atomic mass is 16.5. The molecule has 0 aromatic carbocycles. The van der Waals surface area contributed by atoms with Gasteiger partial charge in [0.05, 0.1) is 6.10 Å². The van der Waals surface area contributed by atoms with Crippen LogP contribution in [0.25, 0.3) is 0 Å². The van der Waals surface area contributed by atoms with E-state index in [1.54, 1.807) is 0 Å². The van der Waals surface area contributed by atoms with Gasteiger partial charge < -0.3 is 9.84 Å². The molecule has 14 heavy (non-hydrogen) atoms. The Bertz CT molecular complexity index is 181. The van der Waals surface area contributed by atoms with Crippen LogP contribution in [0.4, 0.5) is 0 Å². The first-order valence-corrected chi connectivity index (χ1v) is 5.01. The van der Waals surface area contributed by atoms with Crippen molar-refractivity contribution in [3.8, 4) is 0 Å². The molecule has 0 aromatic heterocycles. The molecule has 1 aliphatic heterocycles. The summed E-state index contributed by atoms with van der Waals surface area (Å²) in [6.07, 6.45) is 3.32. The van der Waals surface area contributed by atoms with E-state index >= 15 is 0 Å². The number of hydrogen-bond acceptors (Lipinski definition) is 4. The van der Waals surface area contributed by atoms with Gasteiger partial charge in [0.25, 0.3) is 0 Å². The van der Waals surface area contributed by atoms with Crippen LogP contribution < -0.4 is 11.3 Å². The normalized spacial score (nSPS) is 23.4. The first kappa shape index (κ1) is 11.4. The van der Waals surface area contributed by atoms with Crippen LogP contribution in [0.15, 0.2) is 0 Å². The maximum atomic E-state index is 11.3. The van der Waals surface area contributed by atoms with Crippen LogP contribution in [-0.4, -0.2) is 30.3 Å². The molecule has 1 heterocycles. The molecular formula is C9H18N2O3. The summed E-state index contributed by atoms with van der Waals surface area (Å²) in [5.41, 5.74) is 2.12. The number of hydrazine groups is 1. The lowest BCUT2D eigenvalue weighted by molar-refractivity contribution is -0.126. The third-order valence-electron chi connectivity index (χ3n) is 2.56. The van der Waals surface area contributed by atoms with E-state index in [2.05, 4.69) is 5.43 Å². The molecule has 1 rings (SSSR count). The zero-order chi connectivity index (χ0) is 10.4. The topological polar surface area (TPSA) is 84.6 Å². The summed E-state index contributed by atoms with van der Waals surface area (Å²) in [6.45, 7) is 0.783.